The van der Waals surface area contributed by atoms with Gasteiger partial charge in [0.05, 0.1) is 0 Å². The van der Waals surface area contributed by atoms with Crippen LogP contribution in [0.4, 0.5) is 0 Å². The lowest BCUT2D eigenvalue weighted by atomic mass is 10.1. The molecule has 6 nitrogen and oxygen atoms in total. The molecule has 0 fully saturated rings. The third-order valence-corrected chi connectivity index (χ3v) is 13.6. The highest BCUT2D eigenvalue weighted by atomic mass is 16.6. The van der Waals surface area contributed by atoms with Crippen LogP contribution in [0.1, 0.15) is 290 Å². The summed E-state index contributed by atoms with van der Waals surface area (Å²) in [7, 11) is 0. The lowest BCUT2D eigenvalue weighted by Gasteiger charge is -2.18. The van der Waals surface area contributed by atoms with Crippen molar-refractivity contribution in [2.24, 2.45) is 0 Å². The number of carbonyl (C=O) groups is 3. The molecule has 0 bridgehead atoms. The van der Waals surface area contributed by atoms with Crippen LogP contribution in [0.2, 0.25) is 0 Å². The first-order valence-corrected chi connectivity index (χ1v) is 32.7. The Balaban J connectivity index is 4.42. The maximum atomic E-state index is 12.9. The average molecular weight is 1090 g/mol. The number of carbonyl (C=O) groups excluding carboxylic acids is 3. The second kappa shape index (κ2) is 66.1. The molecule has 0 aromatic rings. The van der Waals surface area contributed by atoms with Gasteiger partial charge in [0.25, 0.3) is 0 Å². The van der Waals surface area contributed by atoms with Crippen molar-refractivity contribution in [2.45, 2.75) is 297 Å². The fourth-order valence-electron chi connectivity index (χ4n) is 8.72. The summed E-state index contributed by atoms with van der Waals surface area (Å²) in [6.45, 7) is 6.47. The van der Waals surface area contributed by atoms with E-state index in [9.17, 15) is 14.4 Å². The lowest BCUT2D eigenvalue weighted by molar-refractivity contribution is -0.167. The van der Waals surface area contributed by atoms with Crippen molar-refractivity contribution in [3.05, 3.63) is 134 Å². The molecular formula is C73H120O6. The fraction of sp³-hybridized carbons (Fsp3) is 0.658. The summed E-state index contributed by atoms with van der Waals surface area (Å²) in [5, 5.41) is 0. The van der Waals surface area contributed by atoms with E-state index in [0.29, 0.717) is 19.3 Å². The van der Waals surface area contributed by atoms with Gasteiger partial charge in [0.15, 0.2) is 6.10 Å². The van der Waals surface area contributed by atoms with Gasteiger partial charge in [-0.15, -0.1) is 0 Å². The number of hydrogen-bond donors (Lipinski definition) is 0. The average Bonchev–Trinajstić information content (AvgIpc) is 3.45. The molecule has 0 aromatic heterocycles. The monoisotopic (exact) mass is 1090 g/mol. The maximum absolute atomic E-state index is 12.9. The van der Waals surface area contributed by atoms with Crippen LogP contribution in [0.15, 0.2) is 134 Å². The van der Waals surface area contributed by atoms with Gasteiger partial charge in [-0.1, -0.05) is 264 Å². The van der Waals surface area contributed by atoms with Gasteiger partial charge in [-0.3, -0.25) is 14.4 Å². The predicted molar refractivity (Wildman–Crippen MR) is 343 cm³/mol. The Bertz CT molecular complexity index is 1680. The SMILES string of the molecule is CC/C=C\C/C=C\C/C=C\C/C=C\C/C=C\C/C=C\C/C=C\C/C=C\CCCCCCC(=O)OCC(COC(=O)CCCCCCC/C=C\CCCCCCCC)OC(=O)CCCCCCCCC/C=C\C/C=C\CCCCC. The number of rotatable bonds is 58. The summed E-state index contributed by atoms with van der Waals surface area (Å²) in [6.07, 6.45) is 93.1. The Morgan fingerprint density at radius 2 is 0.494 bits per heavy atom. The minimum absolute atomic E-state index is 0.0966. The van der Waals surface area contributed by atoms with Crippen LogP contribution in [-0.2, 0) is 28.6 Å². The minimum atomic E-state index is -0.802. The van der Waals surface area contributed by atoms with E-state index in [4.69, 9.17) is 14.2 Å². The summed E-state index contributed by atoms with van der Waals surface area (Å²) in [5.41, 5.74) is 0. The molecule has 0 saturated carbocycles. The minimum Gasteiger partial charge on any atom is -0.462 e. The molecule has 0 radical (unpaired) electrons. The van der Waals surface area contributed by atoms with Crippen molar-refractivity contribution >= 4 is 17.9 Å². The van der Waals surface area contributed by atoms with Crippen LogP contribution in [-0.4, -0.2) is 37.2 Å². The van der Waals surface area contributed by atoms with Crippen molar-refractivity contribution in [2.75, 3.05) is 13.2 Å². The quantitative estimate of drug-likeness (QED) is 0.0261. The third-order valence-electron chi connectivity index (χ3n) is 13.6. The van der Waals surface area contributed by atoms with E-state index in [1.807, 2.05) is 0 Å². The number of unbranched alkanes of at least 4 members (excludes halogenated alkanes) is 25. The standard InChI is InChI=1S/C73H120O6/c1-4-7-10-13-16-19-22-25-28-30-31-32-33-34-35-36-37-38-39-40-41-43-45-48-51-54-57-60-63-66-72(75)78-69-70(68-77-71(74)65-62-59-56-53-50-47-44-27-24-21-18-15-12-9-6-3)79-73(76)67-64-61-58-55-52-49-46-42-29-26-23-20-17-14-11-8-5-2/h7,10,16-17,19-20,25-29,31-32,34-35,37-38,40-41,44-45,48,70H,4-6,8-9,11-15,18,21-24,30,33,36,39,42-43,46-47,49-69H2,1-3H3/b10-7-,19-16-,20-17-,28-25-,29-26-,32-31-,35-34-,38-37-,41-40-,44-27-,48-45-. The summed E-state index contributed by atoms with van der Waals surface area (Å²) >= 11 is 0. The van der Waals surface area contributed by atoms with Gasteiger partial charge < -0.3 is 14.2 Å². The largest absolute Gasteiger partial charge is 0.462 e. The van der Waals surface area contributed by atoms with Gasteiger partial charge in [0.1, 0.15) is 13.2 Å². The molecule has 0 aliphatic rings. The highest BCUT2D eigenvalue weighted by molar-refractivity contribution is 5.71. The molecule has 0 spiro atoms. The van der Waals surface area contributed by atoms with Crippen LogP contribution < -0.4 is 0 Å². The number of ether oxygens (including phenoxy) is 3. The number of hydrogen-bond acceptors (Lipinski definition) is 6. The van der Waals surface area contributed by atoms with E-state index in [0.717, 1.165) is 141 Å². The van der Waals surface area contributed by atoms with Gasteiger partial charge in [-0.25, -0.2) is 0 Å². The molecule has 448 valence electrons. The van der Waals surface area contributed by atoms with Crippen LogP contribution in [0.3, 0.4) is 0 Å². The van der Waals surface area contributed by atoms with E-state index >= 15 is 0 Å². The Hall–Kier alpha value is -4.45. The van der Waals surface area contributed by atoms with Gasteiger partial charge >= 0.3 is 17.9 Å². The van der Waals surface area contributed by atoms with Crippen LogP contribution in [0, 0.1) is 0 Å². The van der Waals surface area contributed by atoms with E-state index in [1.165, 1.54) is 109 Å². The normalized spacial score (nSPS) is 13.0. The Morgan fingerprint density at radius 3 is 0.810 bits per heavy atom. The lowest BCUT2D eigenvalue weighted by Crippen LogP contribution is -2.30. The summed E-state index contributed by atoms with van der Waals surface area (Å²) in [6, 6.07) is 0. The van der Waals surface area contributed by atoms with E-state index in [1.54, 1.807) is 0 Å². The molecule has 0 aliphatic carbocycles. The van der Waals surface area contributed by atoms with Crippen molar-refractivity contribution in [1.29, 1.82) is 0 Å². The first kappa shape index (κ1) is 74.5. The molecule has 0 amide bonds. The zero-order chi connectivity index (χ0) is 57.1. The third kappa shape index (κ3) is 64.3. The summed E-state index contributed by atoms with van der Waals surface area (Å²) in [4.78, 5) is 38.3. The molecule has 0 saturated heterocycles. The first-order chi connectivity index (χ1) is 39.0. The van der Waals surface area contributed by atoms with Gasteiger partial charge in [0, 0.05) is 19.3 Å². The van der Waals surface area contributed by atoms with E-state index in [2.05, 4.69) is 154 Å². The van der Waals surface area contributed by atoms with Gasteiger partial charge in [-0.2, -0.15) is 0 Å². The van der Waals surface area contributed by atoms with E-state index < -0.39 is 6.10 Å². The van der Waals surface area contributed by atoms with Crippen molar-refractivity contribution in [3.63, 3.8) is 0 Å². The van der Waals surface area contributed by atoms with Crippen molar-refractivity contribution in [1.82, 2.24) is 0 Å². The zero-order valence-electron chi connectivity index (χ0n) is 51.3. The van der Waals surface area contributed by atoms with E-state index in [-0.39, 0.29) is 31.1 Å². The number of allylic oxidation sites excluding steroid dienone is 22. The van der Waals surface area contributed by atoms with Gasteiger partial charge in [-0.05, 0) is 141 Å². The number of esters is 3. The molecule has 1 atom stereocenters. The molecule has 79 heavy (non-hydrogen) atoms. The first-order valence-electron chi connectivity index (χ1n) is 32.7. The zero-order valence-corrected chi connectivity index (χ0v) is 51.3. The van der Waals surface area contributed by atoms with Crippen LogP contribution in [0.25, 0.3) is 0 Å². The van der Waals surface area contributed by atoms with Crippen molar-refractivity contribution < 1.29 is 28.6 Å². The smallest absolute Gasteiger partial charge is 0.306 e. The molecule has 0 N–H and O–H groups in total. The molecule has 0 aliphatic heterocycles. The summed E-state index contributed by atoms with van der Waals surface area (Å²) in [5.74, 6) is -0.935. The molecule has 0 heterocycles. The molecule has 1 unspecified atom stereocenters. The highest BCUT2D eigenvalue weighted by Gasteiger charge is 2.19. The predicted octanol–water partition coefficient (Wildman–Crippen LogP) is 22.5. The Morgan fingerprint density at radius 1 is 0.266 bits per heavy atom. The Kier molecular flexibility index (Phi) is 62.3. The topological polar surface area (TPSA) is 78.9 Å². The summed E-state index contributed by atoms with van der Waals surface area (Å²) < 4.78 is 16.9. The van der Waals surface area contributed by atoms with Gasteiger partial charge in [0.2, 0.25) is 0 Å². The van der Waals surface area contributed by atoms with Crippen LogP contribution in [0.5, 0.6) is 0 Å². The molecule has 0 aromatic carbocycles. The molecule has 6 heteroatoms. The molecule has 0 rings (SSSR count). The molecular weight excluding hydrogens is 973 g/mol. The Labute approximate surface area is 487 Å². The fourth-order valence-corrected chi connectivity index (χ4v) is 8.72. The van der Waals surface area contributed by atoms with Crippen LogP contribution >= 0.6 is 0 Å². The van der Waals surface area contributed by atoms with Crippen molar-refractivity contribution in [3.8, 4) is 0 Å². The maximum Gasteiger partial charge on any atom is 0.306 e. The highest BCUT2D eigenvalue weighted by Crippen LogP contribution is 2.15. The second-order valence-corrected chi connectivity index (χ2v) is 21.3. The second-order valence-electron chi connectivity index (χ2n) is 21.3.